The van der Waals surface area contributed by atoms with Gasteiger partial charge in [0.05, 0.1) is 6.20 Å². The van der Waals surface area contributed by atoms with Crippen molar-refractivity contribution >= 4 is 17.2 Å². The van der Waals surface area contributed by atoms with Gasteiger partial charge in [-0.3, -0.25) is 9.78 Å². The molecule has 2 N–H and O–H groups in total. The molecule has 3 heterocycles. The summed E-state index contributed by atoms with van der Waals surface area (Å²) in [5.74, 6) is 0.508. The second kappa shape index (κ2) is 6.78. The van der Waals surface area contributed by atoms with Crippen molar-refractivity contribution in [2.75, 3.05) is 19.6 Å². The highest BCUT2D eigenvalue weighted by molar-refractivity contribution is 7.16. The van der Waals surface area contributed by atoms with Crippen LogP contribution < -0.4 is 10.6 Å². The molecular formula is C15H18N4OS. The predicted octanol–water partition coefficient (Wildman–Crippen LogP) is 1.93. The average molecular weight is 302 g/mol. The molecule has 0 aromatic carbocycles. The minimum atomic E-state index is -0.0293. The topological polar surface area (TPSA) is 66.9 Å². The lowest BCUT2D eigenvalue weighted by Crippen LogP contribution is -2.37. The summed E-state index contributed by atoms with van der Waals surface area (Å²) < 4.78 is 0. The Kier molecular flexibility index (Phi) is 4.57. The van der Waals surface area contributed by atoms with E-state index in [1.165, 1.54) is 24.2 Å². The van der Waals surface area contributed by atoms with E-state index in [0.717, 1.165) is 30.2 Å². The number of aromatic nitrogens is 2. The van der Waals surface area contributed by atoms with E-state index in [2.05, 4.69) is 20.6 Å². The van der Waals surface area contributed by atoms with Gasteiger partial charge in [-0.2, -0.15) is 0 Å². The number of nitrogens with one attached hydrogen (secondary N) is 2. The minimum Gasteiger partial charge on any atom is -0.351 e. The van der Waals surface area contributed by atoms with Gasteiger partial charge in [-0.15, -0.1) is 11.3 Å². The molecule has 0 spiro atoms. The minimum absolute atomic E-state index is 0.0293. The first-order chi connectivity index (χ1) is 10.3. The fourth-order valence-electron chi connectivity index (χ4n) is 2.43. The fourth-order valence-corrected chi connectivity index (χ4v) is 3.27. The summed E-state index contributed by atoms with van der Waals surface area (Å²) in [4.78, 5) is 21.1. The Morgan fingerprint density at radius 2 is 2.29 bits per heavy atom. The Morgan fingerprint density at radius 1 is 1.43 bits per heavy atom. The van der Waals surface area contributed by atoms with Gasteiger partial charge < -0.3 is 10.6 Å². The summed E-state index contributed by atoms with van der Waals surface area (Å²) in [6, 6.07) is 3.79. The molecule has 1 fully saturated rings. The molecule has 6 heteroatoms. The normalized spacial score (nSPS) is 18.4. The van der Waals surface area contributed by atoms with Crippen molar-refractivity contribution in [1.29, 1.82) is 0 Å². The third kappa shape index (κ3) is 3.65. The molecule has 5 nitrogen and oxygen atoms in total. The molecule has 0 aliphatic carbocycles. The summed E-state index contributed by atoms with van der Waals surface area (Å²) >= 11 is 1.41. The Balaban J connectivity index is 1.59. The lowest BCUT2D eigenvalue weighted by atomic mass is 10.00. The molecule has 21 heavy (non-hydrogen) atoms. The molecule has 1 aliphatic heterocycles. The van der Waals surface area contributed by atoms with Crippen LogP contribution in [0.5, 0.6) is 0 Å². The monoisotopic (exact) mass is 302 g/mol. The molecule has 0 bridgehead atoms. The Bertz CT molecular complexity index is 593. The number of rotatable bonds is 4. The maximum atomic E-state index is 12.2. The van der Waals surface area contributed by atoms with Crippen molar-refractivity contribution < 1.29 is 4.79 Å². The standard InChI is InChI=1S/C15H18N4OS/c20-14(18-9-11-2-1-5-17-8-11)13-10-19-15(21-13)12-3-6-16-7-4-12/h3-4,6-7,10-11,17H,1-2,5,8-9H2,(H,18,20). The summed E-state index contributed by atoms with van der Waals surface area (Å²) in [6.45, 7) is 2.81. The van der Waals surface area contributed by atoms with Crippen LogP contribution in [0.4, 0.5) is 0 Å². The molecule has 2 aromatic rings. The van der Waals surface area contributed by atoms with Gasteiger partial charge in [0.15, 0.2) is 0 Å². The molecule has 1 saturated heterocycles. The van der Waals surface area contributed by atoms with Gasteiger partial charge in [0.1, 0.15) is 9.88 Å². The molecule has 0 saturated carbocycles. The van der Waals surface area contributed by atoms with E-state index in [-0.39, 0.29) is 5.91 Å². The van der Waals surface area contributed by atoms with Crippen molar-refractivity contribution in [3.63, 3.8) is 0 Å². The number of piperidine rings is 1. The molecule has 110 valence electrons. The summed E-state index contributed by atoms with van der Waals surface area (Å²) in [7, 11) is 0. The molecule has 2 aromatic heterocycles. The number of nitrogens with zero attached hydrogens (tertiary/aromatic N) is 2. The van der Waals surface area contributed by atoms with Gasteiger partial charge in [0, 0.05) is 24.5 Å². The largest absolute Gasteiger partial charge is 0.351 e. The van der Waals surface area contributed by atoms with E-state index < -0.39 is 0 Å². The van der Waals surface area contributed by atoms with E-state index in [1.54, 1.807) is 18.6 Å². The SMILES string of the molecule is O=C(NCC1CCCNC1)c1cnc(-c2ccncc2)s1. The van der Waals surface area contributed by atoms with Crippen molar-refractivity contribution in [3.8, 4) is 10.6 Å². The second-order valence-electron chi connectivity index (χ2n) is 5.19. The van der Waals surface area contributed by atoms with Crippen LogP contribution in [0.15, 0.2) is 30.7 Å². The third-order valence-corrected chi connectivity index (χ3v) is 4.65. The predicted molar refractivity (Wildman–Crippen MR) is 83.3 cm³/mol. The quantitative estimate of drug-likeness (QED) is 0.905. The second-order valence-corrected chi connectivity index (χ2v) is 6.22. The van der Waals surface area contributed by atoms with Gasteiger partial charge in [0.25, 0.3) is 5.91 Å². The maximum Gasteiger partial charge on any atom is 0.263 e. The number of carbonyl (C=O) groups is 1. The average Bonchev–Trinajstić information content (AvgIpc) is 3.04. The van der Waals surface area contributed by atoms with Crippen LogP contribution in [0, 0.1) is 5.92 Å². The number of carbonyl (C=O) groups excluding carboxylic acids is 1. The van der Waals surface area contributed by atoms with E-state index >= 15 is 0 Å². The summed E-state index contributed by atoms with van der Waals surface area (Å²) in [5, 5.41) is 7.22. The van der Waals surface area contributed by atoms with Crippen LogP contribution in [0.3, 0.4) is 0 Å². The number of pyridine rings is 1. The zero-order valence-corrected chi connectivity index (χ0v) is 12.5. The van der Waals surface area contributed by atoms with Gasteiger partial charge >= 0.3 is 0 Å². The molecule has 1 unspecified atom stereocenters. The smallest absolute Gasteiger partial charge is 0.263 e. The summed E-state index contributed by atoms with van der Waals surface area (Å²) in [5.41, 5.74) is 0.991. The van der Waals surface area contributed by atoms with E-state index in [0.29, 0.717) is 10.8 Å². The van der Waals surface area contributed by atoms with Crippen molar-refractivity contribution in [2.45, 2.75) is 12.8 Å². The summed E-state index contributed by atoms with van der Waals surface area (Å²) in [6.07, 6.45) is 7.47. The Morgan fingerprint density at radius 3 is 3.05 bits per heavy atom. The van der Waals surface area contributed by atoms with Crippen LogP contribution in [0.25, 0.3) is 10.6 Å². The number of hydrogen-bond donors (Lipinski definition) is 2. The highest BCUT2D eigenvalue weighted by Gasteiger charge is 2.16. The fraction of sp³-hybridized carbons (Fsp3) is 0.400. The lowest BCUT2D eigenvalue weighted by Gasteiger charge is -2.22. The van der Waals surface area contributed by atoms with Crippen LogP contribution in [0.1, 0.15) is 22.5 Å². The Labute approximate surface area is 127 Å². The number of thiazole rings is 1. The molecule has 0 radical (unpaired) electrons. The highest BCUT2D eigenvalue weighted by atomic mass is 32.1. The first-order valence-corrected chi connectivity index (χ1v) is 8.00. The van der Waals surface area contributed by atoms with Crippen LogP contribution in [-0.2, 0) is 0 Å². The van der Waals surface area contributed by atoms with Crippen molar-refractivity contribution in [1.82, 2.24) is 20.6 Å². The van der Waals surface area contributed by atoms with Crippen molar-refractivity contribution in [2.24, 2.45) is 5.92 Å². The molecular weight excluding hydrogens is 284 g/mol. The highest BCUT2D eigenvalue weighted by Crippen LogP contribution is 2.24. The van der Waals surface area contributed by atoms with E-state index in [4.69, 9.17) is 0 Å². The van der Waals surface area contributed by atoms with Gasteiger partial charge in [-0.1, -0.05) is 0 Å². The third-order valence-electron chi connectivity index (χ3n) is 3.61. The number of hydrogen-bond acceptors (Lipinski definition) is 5. The van der Waals surface area contributed by atoms with Crippen molar-refractivity contribution in [3.05, 3.63) is 35.6 Å². The van der Waals surface area contributed by atoms with Crippen LogP contribution in [0.2, 0.25) is 0 Å². The number of amides is 1. The van der Waals surface area contributed by atoms with Gasteiger partial charge in [0.2, 0.25) is 0 Å². The maximum absolute atomic E-state index is 12.2. The Hall–Kier alpha value is -1.79. The van der Waals surface area contributed by atoms with E-state index in [9.17, 15) is 4.79 Å². The van der Waals surface area contributed by atoms with Crippen LogP contribution >= 0.6 is 11.3 Å². The first-order valence-electron chi connectivity index (χ1n) is 7.18. The lowest BCUT2D eigenvalue weighted by molar-refractivity contribution is 0.0948. The van der Waals surface area contributed by atoms with Gasteiger partial charge in [-0.05, 0) is 44.0 Å². The zero-order chi connectivity index (χ0) is 14.5. The first kappa shape index (κ1) is 14.2. The molecule has 1 amide bonds. The van der Waals surface area contributed by atoms with E-state index in [1.807, 2.05) is 12.1 Å². The zero-order valence-electron chi connectivity index (χ0n) is 11.7. The van der Waals surface area contributed by atoms with Crippen LogP contribution in [-0.4, -0.2) is 35.5 Å². The molecule has 1 aliphatic rings. The molecule has 1 atom stereocenters. The molecule has 3 rings (SSSR count). The van der Waals surface area contributed by atoms with Gasteiger partial charge in [-0.25, -0.2) is 4.98 Å².